The van der Waals surface area contributed by atoms with Crippen LogP contribution in [0.25, 0.3) is 0 Å². The Morgan fingerprint density at radius 1 is 1.06 bits per heavy atom. The maximum Gasteiger partial charge on any atom is 0.0175 e. The number of halogens is 1. The van der Waals surface area contributed by atoms with Crippen LogP contribution in [-0.4, -0.2) is 6.54 Å². The molecule has 1 fully saturated rings. The van der Waals surface area contributed by atoms with Gasteiger partial charge in [0.1, 0.15) is 0 Å². The average Bonchev–Trinajstić information content (AvgIpc) is 2.55. The molecule has 1 nitrogen and oxygen atoms in total. The molecule has 88 valence electrons. The molecule has 0 radical (unpaired) electrons. The summed E-state index contributed by atoms with van der Waals surface area (Å²) in [6.07, 6.45) is 6.70. The molecule has 1 aromatic carbocycles. The normalized spacial score (nSPS) is 26.4. The Hall–Kier alpha value is -0.340. The molecule has 0 aromatic heterocycles. The second-order valence-corrected chi connectivity index (χ2v) is 5.71. The molecule has 16 heavy (non-hydrogen) atoms. The van der Waals surface area contributed by atoms with E-state index in [-0.39, 0.29) is 0 Å². The highest BCUT2D eigenvalue weighted by molar-refractivity contribution is 9.10. The Morgan fingerprint density at radius 2 is 1.75 bits per heavy atom. The summed E-state index contributed by atoms with van der Waals surface area (Å²) in [4.78, 5) is 0. The molecular formula is C14H20BrN. The van der Waals surface area contributed by atoms with Crippen molar-refractivity contribution in [2.75, 3.05) is 6.54 Å². The third kappa shape index (κ3) is 2.86. The van der Waals surface area contributed by atoms with E-state index in [4.69, 9.17) is 5.73 Å². The van der Waals surface area contributed by atoms with Gasteiger partial charge in [0, 0.05) is 4.47 Å². The van der Waals surface area contributed by atoms with E-state index in [2.05, 4.69) is 40.2 Å². The molecule has 2 rings (SSSR count). The van der Waals surface area contributed by atoms with Crippen LogP contribution in [0.5, 0.6) is 0 Å². The summed E-state index contributed by atoms with van der Waals surface area (Å²) in [5.74, 6) is 1.37. The van der Waals surface area contributed by atoms with E-state index in [9.17, 15) is 0 Å². The first-order chi connectivity index (χ1) is 7.81. The van der Waals surface area contributed by atoms with Gasteiger partial charge in [-0.05, 0) is 48.9 Å². The van der Waals surface area contributed by atoms with Crippen LogP contribution in [-0.2, 0) is 0 Å². The van der Waals surface area contributed by atoms with Crippen LogP contribution >= 0.6 is 15.9 Å². The molecule has 1 aromatic rings. The lowest BCUT2D eigenvalue weighted by Gasteiger charge is -2.24. The van der Waals surface area contributed by atoms with Crippen molar-refractivity contribution in [3.63, 3.8) is 0 Å². The first-order valence-corrected chi connectivity index (χ1v) is 7.06. The van der Waals surface area contributed by atoms with Gasteiger partial charge in [-0.25, -0.2) is 0 Å². The van der Waals surface area contributed by atoms with Crippen molar-refractivity contribution in [3.8, 4) is 0 Å². The van der Waals surface area contributed by atoms with Crippen molar-refractivity contribution in [3.05, 3.63) is 34.3 Å². The molecule has 1 saturated carbocycles. The van der Waals surface area contributed by atoms with Gasteiger partial charge in [-0.2, -0.15) is 0 Å². The Morgan fingerprint density at radius 3 is 2.44 bits per heavy atom. The van der Waals surface area contributed by atoms with Crippen molar-refractivity contribution in [1.82, 2.24) is 0 Å². The zero-order chi connectivity index (χ0) is 11.4. The van der Waals surface area contributed by atoms with Crippen molar-refractivity contribution < 1.29 is 0 Å². The number of hydrogen-bond acceptors (Lipinski definition) is 1. The lowest BCUT2D eigenvalue weighted by molar-refractivity contribution is 0.408. The fourth-order valence-corrected chi connectivity index (χ4v) is 3.08. The molecule has 2 N–H and O–H groups in total. The van der Waals surface area contributed by atoms with E-state index in [0.29, 0.717) is 11.8 Å². The molecule has 0 aliphatic heterocycles. The van der Waals surface area contributed by atoms with Gasteiger partial charge in [0.05, 0.1) is 0 Å². The highest BCUT2D eigenvalue weighted by atomic mass is 79.9. The van der Waals surface area contributed by atoms with Crippen LogP contribution in [0.4, 0.5) is 0 Å². The molecule has 2 heteroatoms. The third-order valence-electron chi connectivity index (χ3n) is 3.76. The van der Waals surface area contributed by atoms with Gasteiger partial charge in [0.2, 0.25) is 0 Å². The van der Waals surface area contributed by atoms with Gasteiger partial charge in [0.25, 0.3) is 0 Å². The van der Waals surface area contributed by atoms with Gasteiger partial charge < -0.3 is 5.73 Å². The Bertz CT molecular complexity index is 320. The van der Waals surface area contributed by atoms with E-state index >= 15 is 0 Å². The van der Waals surface area contributed by atoms with Crippen LogP contribution in [0.2, 0.25) is 0 Å². The fraction of sp³-hybridized carbons (Fsp3) is 0.571. The lowest BCUT2D eigenvalue weighted by Crippen LogP contribution is -2.21. The van der Waals surface area contributed by atoms with Gasteiger partial charge in [0.15, 0.2) is 0 Å². The summed E-state index contributed by atoms with van der Waals surface area (Å²) in [5.41, 5.74) is 7.39. The van der Waals surface area contributed by atoms with E-state index in [1.54, 1.807) is 0 Å². The lowest BCUT2D eigenvalue weighted by atomic mass is 9.82. The number of benzene rings is 1. The van der Waals surface area contributed by atoms with Gasteiger partial charge >= 0.3 is 0 Å². The second-order valence-electron chi connectivity index (χ2n) is 4.79. The molecule has 2 unspecified atom stereocenters. The summed E-state index contributed by atoms with van der Waals surface area (Å²) in [6, 6.07) is 8.80. The Balaban J connectivity index is 2.18. The number of nitrogens with two attached hydrogens (primary N) is 1. The fourth-order valence-electron chi connectivity index (χ4n) is 2.82. The molecule has 1 aliphatic carbocycles. The molecule has 2 atom stereocenters. The van der Waals surface area contributed by atoms with Crippen molar-refractivity contribution in [2.24, 2.45) is 11.7 Å². The number of hydrogen-bond donors (Lipinski definition) is 1. The Kier molecular flexibility index (Phi) is 4.42. The maximum absolute atomic E-state index is 5.92. The molecular weight excluding hydrogens is 262 g/mol. The summed E-state index contributed by atoms with van der Waals surface area (Å²) in [6.45, 7) is 0.834. The Labute approximate surface area is 107 Å². The second kappa shape index (κ2) is 5.83. The smallest absolute Gasteiger partial charge is 0.0175 e. The van der Waals surface area contributed by atoms with Gasteiger partial charge in [-0.1, -0.05) is 47.3 Å². The topological polar surface area (TPSA) is 26.0 Å². The van der Waals surface area contributed by atoms with E-state index in [1.807, 2.05) is 0 Å². The van der Waals surface area contributed by atoms with E-state index in [0.717, 1.165) is 11.0 Å². The first-order valence-electron chi connectivity index (χ1n) is 6.27. The minimum Gasteiger partial charge on any atom is -0.330 e. The zero-order valence-corrected chi connectivity index (χ0v) is 11.2. The van der Waals surface area contributed by atoms with Gasteiger partial charge in [-0.3, -0.25) is 0 Å². The molecule has 0 spiro atoms. The van der Waals surface area contributed by atoms with Crippen LogP contribution in [0.15, 0.2) is 28.7 Å². The molecule has 0 amide bonds. The summed E-state index contributed by atoms with van der Waals surface area (Å²) in [7, 11) is 0. The monoisotopic (exact) mass is 281 g/mol. The van der Waals surface area contributed by atoms with E-state index < -0.39 is 0 Å². The van der Waals surface area contributed by atoms with Crippen LogP contribution in [0, 0.1) is 5.92 Å². The van der Waals surface area contributed by atoms with Crippen LogP contribution in [0.3, 0.4) is 0 Å². The van der Waals surface area contributed by atoms with Crippen LogP contribution in [0.1, 0.15) is 43.6 Å². The standard InChI is InChI=1S/C14H20BrN/c15-13-8-6-11(7-9-13)14-5-3-1-2-4-12(14)10-16/h6-9,12,14H,1-5,10,16H2. The average molecular weight is 282 g/mol. The minimum atomic E-state index is 0.681. The number of rotatable bonds is 2. The molecule has 1 aliphatic rings. The third-order valence-corrected chi connectivity index (χ3v) is 4.29. The van der Waals surface area contributed by atoms with Crippen molar-refractivity contribution in [1.29, 1.82) is 0 Å². The SMILES string of the molecule is NCC1CCCCCC1c1ccc(Br)cc1. The van der Waals surface area contributed by atoms with Crippen molar-refractivity contribution in [2.45, 2.75) is 38.0 Å². The predicted octanol–water partition coefficient (Wildman–Crippen LogP) is 4.07. The van der Waals surface area contributed by atoms with Crippen LogP contribution < -0.4 is 5.73 Å². The summed E-state index contributed by atoms with van der Waals surface area (Å²) in [5, 5.41) is 0. The summed E-state index contributed by atoms with van der Waals surface area (Å²) >= 11 is 3.49. The highest BCUT2D eigenvalue weighted by Gasteiger charge is 2.23. The van der Waals surface area contributed by atoms with Gasteiger partial charge in [-0.15, -0.1) is 0 Å². The zero-order valence-electron chi connectivity index (χ0n) is 9.66. The predicted molar refractivity (Wildman–Crippen MR) is 72.5 cm³/mol. The molecule has 0 saturated heterocycles. The quantitative estimate of drug-likeness (QED) is 0.813. The minimum absolute atomic E-state index is 0.681. The maximum atomic E-state index is 5.92. The molecule has 0 bridgehead atoms. The first kappa shape index (κ1) is 12.1. The van der Waals surface area contributed by atoms with Crippen molar-refractivity contribution >= 4 is 15.9 Å². The summed E-state index contributed by atoms with van der Waals surface area (Å²) < 4.78 is 1.16. The molecule has 0 heterocycles. The van der Waals surface area contributed by atoms with E-state index in [1.165, 1.54) is 37.7 Å². The largest absolute Gasteiger partial charge is 0.330 e. The highest BCUT2D eigenvalue weighted by Crippen LogP contribution is 2.36.